The maximum atomic E-state index is 11.9. The minimum absolute atomic E-state index is 0.0607. The number of hydrogen-bond acceptors (Lipinski definition) is 3. The third-order valence-electron chi connectivity index (χ3n) is 3.02. The van der Waals surface area contributed by atoms with Crippen molar-refractivity contribution in [3.8, 4) is 0 Å². The molecule has 24 heavy (non-hydrogen) atoms. The second-order valence-corrected chi connectivity index (χ2v) is 7.24. The monoisotopic (exact) mass is 336 g/mol. The van der Waals surface area contributed by atoms with Gasteiger partial charge < -0.3 is 20.5 Å². The summed E-state index contributed by atoms with van der Waals surface area (Å²) in [6.07, 6.45) is 3.77. The van der Waals surface area contributed by atoms with Crippen LogP contribution >= 0.6 is 0 Å². The SMILES string of the molecule is CCNC(=NCc1nccn1CC(C)C)NCC(=O)NC(C)(C)C. The predicted octanol–water partition coefficient (Wildman–Crippen LogP) is 1.51. The second-order valence-electron chi connectivity index (χ2n) is 7.24. The number of amides is 1. The highest BCUT2D eigenvalue weighted by Gasteiger charge is 2.13. The zero-order valence-corrected chi connectivity index (χ0v) is 15.8. The number of nitrogens with zero attached hydrogens (tertiary/aromatic N) is 3. The number of nitrogens with one attached hydrogen (secondary N) is 3. The van der Waals surface area contributed by atoms with E-state index < -0.39 is 0 Å². The Morgan fingerprint density at radius 3 is 2.62 bits per heavy atom. The lowest BCUT2D eigenvalue weighted by Gasteiger charge is -2.21. The van der Waals surface area contributed by atoms with Crippen LogP contribution in [0.25, 0.3) is 0 Å². The second kappa shape index (κ2) is 9.30. The minimum Gasteiger partial charge on any atom is -0.357 e. The van der Waals surface area contributed by atoms with E-state index in [9.17, 15) is 4.79 Å². The molecule has 0 bridgehead atoms. The molecular weight excluding hydrogens is 304 g/mol. The number of guanidine groups is 1. The summed E-state index contributed by atoms with van der Waals surface area (Å²) in [6, 6.07) is 0. The lowest BCUT2D eigenvalue weighted by Crippen LogP contribution is -2.48. The van der Waals surface area contributed by atoms with Crippen LogP contribution in [0.15, 0.2) is 17.4 Å². The summed E-state index contributed by atoms with van der Waals surface area (Å²) in [5.74, 6) is 2.02. The number of carbonyl (C=O) groups is 1. The fraction of sp³-hybridized carbons (Fsp3) is 0.706. The quantitative estimate of drug-likeness (QED) is 0.521. The van der Waals surface area contributed by atoms with Crippen LogP contribution in [0.3, 0.4) is 0 Å². The normalized spacial score (nSPS) is 12.4. The Morgan fingerprint density at radius 2 is 2.04 bits per heavy atom. The van der Waals surface area contributed by atoms with Crippen molar-refractivity contribution in [2.75, 3.05) is 13.1 Å². The molecule has 0 atom stereocenters. The first-order valence-electron chi connectivity index (χ1n) is 8.54. The van der Waals surface area contributed by atoms with Gasteiger partial charge in [0.2, 0.25) is 5.91 Å². The van der Waals surface area contributed by atoms with Crippen LogP contribution in [0.1, 0.15) is 47.4 Å². The molecule has 0 radical (unpaired) electrons. The van der Waals surface area contributed by atoms with E-state index in [1.807, 2.05) is 33.9 Å². The first kappa shape index (κ1) is 20.0. The van der Waals surface area contributed by atoms with E-state index in [1.165, 1.54) is 0 Å². The van der Waals surface area contributed by atoms with Crippen molar-refractivity contribution >= 4 is 11.9 Å². The van der Waals surface area contributed by atoms with Gasteiger partial charge in [-0.2, -0.15) is 0 Å². The molecule has 1 amide bonds. The molecule has 1 aromatic heterocycles. The molecule has 0 unspecified atom stereocenters. The molecule has 7 heteroatoms. The highest BCUT2D eigenvalue weighted by Crippen LogP contribution is 2.04. The first-order valence-corrected chi connectivity index (χ1v) is 8.54. The Morgan fingerprint density at radius 1 is 1.33 bits per heavy atom. The standard InChI is InChI=1S/C17H32N6O/c1-7-18-16(21-11-15(24)22-17(4,5)6)20-10-14-19-8-9-23(14)12-13(2)3/h8-9,13H,7,10-12H2,1-6H3,(H,22,24)(H2,18,20,21). The van der Waals surface area contributed by atoms with E-state index in [4.69, 9.17) is 0 Å². The van der Waals surface area contributed by atoms with Gasteiger partial charge >= 0.3 is 0 Å². The number of aromatic nitrogens is 2. The largest absolute Gasteiger partial charge is 0.357 e. The van der Waals surface area contributed by atoms with E-state index in [-0.39, 0.29) is 18.0 Å². The van der Waals surface area contributed by atoms with Crippen molar-refractivity contribution in [1.29, 1.82) is 0 Å². The Kier molecular flexibility index (Phi) is 7.74. The van der Waals surface area contributed by atoms with Crippen molar-refractivity contribution < 1.29 is 4.79 Å². The molecule has 0 aromatic carbocycles. The first-order chi connectivity index (χ1) is 11.2. The van der Waals surface area contributed by atoms with Crippen LogP contribution in [-0.2, 0) is 17.9 Å². The zero-order chi connectivity index (χ0) is 18.2. The van der Waals surface area contributed by atoms with E-state index in [0.717, 1.165) is 18.9 Å². The Labute approximate surface area is 145 Å². The van der Waals surface area contributed by atoms with Crippen LogP contribution in [0.4, 0.5) is 0 Å². The van der Waals surface area contributed by atoms with Crippen LogP contribution in [0.5, 0.6) is 0 Å². The molecule has 0 saturated heterocycles. The average molecular weight is 336 g/mol. The van der Waals surface area contributed by atoms with Crippen molar-refractivity contribution in [3.63, 3.8) is 0 Å². The maximum absolute atomic E-state index is 11.9. The lowest BCUT2D eigenvalue weighted by atomic mass is 10.1. The van der Waals surface area contributed by atoms with Gasteiger partial charge in [0.1, 0.15) is 12.4 Å². The van der Waals surface area contributed by atoms with E-state index >= 15 is 0 Å². The molecule has 0 aliphatic carbocycles. The van der Waals surface area contributed by atoms with Gasteiger partial charge in [-0.1, -0.05) is 13.8 Å². The molecule has 0 aliphatic heterocycles. The highest BCUT2D eigenvalue weighted by atomic mass is 16.2. The van der Waals surface area contributed by atoms with Crippen molar-refractivity contribution in [1.82, 2.24) is 25.5 Å². The van der Waals surface area contributed by atoms with Crippen molar-refractivity contribution in [2.24, 2.45) is 10.9 Å². The van der Waals surface area contributed by atoms with Gasteiger partial charge in [0, 0.05) is 31.0 Å². The van der Waals surface area contributed by atoms with Gasteiger partial charge in [0.25, 0.3) is 0 Å². The van der Waals surface area contributed by atoms with Gasteiger partial charge in [-0.25, -0.2) is 9.98 Å². The summed E-state index contributed by atoms with van der Waals surface area (Å²) in [4.78, 5) is 20.8. The molecule has 1 rings (SSSR count). The smallest absolute Gasteiger partial charge is 0.239 e. The maximum Gasteiger partial charge on any atom is 0.239 e. The van der Waals surface area contributed by atoms with Crippen LogP contribution in [0, 0.1) is 5.92 Å². The summed E-state index contributed by atoms with van der Waals surface area (Å²) in [6.45, 7) is 14.5. The fourth-order valence-corrected chi connectivity index (χ4v) is 2.17. The van der Waals surface area contributed by atoms with Crippen LogP contribution in [0.2, 0.25) is 0 Å². The Bertz CT molecular complexity index is 542. The summed E-state index contributed by atoms with van der Waals surface area (Å²) < 4.78 is 2.12. The molecule has 0 aliphatic rings. The van der Waals surface area contributed by atoms with Gasteiger partial charge in [-0.05, 0) is 33.6 Å². The number of rotatable bonds is 7. The Balaban J connectivity index is 2.63. The molecule has 0 spiro atoms. The van der Waals surface area contributed by atoms with Crippen LogP contribution < -0.4 is 16.0 Å². The third kappa shape index (κ3) is 7.99. The minimum atomic E-state index is -0.240. The zero-order valence-electron chi connectivity index (χ0n) is 15.8. The summed E-state index contributed by atoms with van der Waals surface area (Å²) in [7, 11) is 0. The molecule has 1 aromatic rings. The average Bonchev–Trinajstić information content (AvgIpc) is 2.86. The molecule has 0 saturated carbocycles. The molecule has 1 heterocycles. The summed E-state index contributed by atoms with van der Waals surface area (Å²) >= 11 is 0. The van der Waals surface area contributed by atoms with Crippen LogP contribution in [-0.4, -0.2) is 40.0 Å². The fourth-order valence-electron chi connectivity index (χ4n) is 2.17. The predicted molar refractivity (Wildman–Crippen MR) is 97.8 cm³/mol. The van der Waals surface area contributed by atoms with E-state index in [1.54, 1.807) is 6.20 Å². The molecule has 0 fully saturated rings. The molecule has 7 nitrogen and oxygen atoms in total. The summed E-state index contributed by atoms with van der Waals surface area (Å²) in [5, 5.41) is 9.12. The van der Waals surface area contributed by atoms with E-state index in [0.29, 0.717) is 18.4 Å². The van der Waals surface area contributed by atoms with E-state index in [2.05, 4.69) is 44.3 Å². The molecular formula is C17H32N6O. The number of hydrogen-bond donors (Lipinski definition) is 3. The number of aliphatic imine (C=N–C) groups is 1. The van der Waals surface area contributed by atoms with Crippen molar-refractivity contribution in [2.45, 2.75) is 60.2 Å². The molecule has 3 N–H and O–H groups in total. The lowest BCUT2D eigenvalue weighted by molar-refractivity contribution is -0.121. The topological polar surface area (TPSA) is 83.3 Å². The van der Waals surface area contributed by atoms with Gasteiger partial charge in [0.15, 0.2) is 5.96 Å². The highest BCUT2D eigenvalue weighted by molar-refractivity contribution is 5.86. The number of imidazole rings is 1. The van der Waals surface area contributed by atoms with Gasteiger partial charge in [0.05, 0.1) is 6.54 Å². The van der Waals surface area contributed by atoms with Crippen molar-refractivity contribution in [3.05, 3.63) is 18.2 Å². The number of carbonyl (C=O) groups excluding carboxylic acids is 1. The summed E-state index contributed by atoms with van der Waals surface area (Å²) in [5.41, 5.74) is -0.240. The third-order valence-corrected chi connectivity index (χ3v) is 3.02. The van der Waals surface area contributed by atoms with Gasteiger partial charge in [-0.15, -0.1) is 0 Å². The Hall–Kier alpha value is -2.05. The molecule has 136 valence electrons. The van der Waals surface area contributed by atoms with Gasteiger partial charge in [-0.3, -0.25) is 4.79 Å².